The number of hydrogen-bond acceptors (Lipinski definition) is 6. The van der Waals surface area contributed by atoms with Gasteiger partial charge < -0.3 is 30.5 Å². The van der Waals surface area contributed by atoms with Crippen LogP contribution in [-0.4, -0.2) is 54.7 Å². The van der Waals surface area contributed by atoms with Gasteiger partial charge in [-0.3, -0.25) is 14.4 Å². The van der Waals surface area contributed by atoms with Crippen molar-refractivity contribution >= 4 is 23.7 Å². The van der Waals surface area contributed by atoms with Crippen LogP contribution in [0, 0.1) is 5.92 Å². The van der Waals surface area contributed by atoms with Crippen LogP contribution in [-0.2, 0) is 14.4 Å². The minimum Gasteiger partial charge on any atom is -0.480 e. The highest BCUT2D eigenvalue weighted by Crippen LogP contribution is 2.32. The van der Waals surface area contributed by atoms with Gasteiger partial charge in [0, 0.05) is 5.56 Å². The van der Waals surface area contributed by atoms with Gasteiger partial charge in [-0.2, -0.15) is 0 Å². The quantitative estimate of drug-likeness (QED) is 0.458. The number of fused-ring (bicyclic) bond motifs is 1. The van der Waals surface area contributed by atoms with Crippen LogP contribution in [0.5, 0.6) is 11.5 Å². The first-order valence-corrected chi connectivity index (χ1v) is 8.73. The zero-order valence-corrected chi connectivity index (χ0v) is 15.6. The zero-order chi connectivity index (χ0) is 20.7. The molecule has 1 aromatic rings. The molecule has 0 radical (unpaired) electrons. The van der Waals surface area contributed by atoms with Gasteiger partial charge in [0.1, 0.15) is 6.04 Å². The van der Waals surface area contributed by atoms with Crippen molar-refractivity contribution in [1.29, 1.82) is 0 Å². The number of ether oxygens (including phenoxy) is 2. The zero-order valence-electron chi connectivity index (χ0n) is 15.6. The van der Waals surface area contributed by atoms with Gasteiger partial charge in [-0.15, -0.1) is 0 Å². The number of carboxylic acid groups (broad SMARTS) is 1. The molecule has 0 fully saturated rings. The molecule has 0 unspecified atom stereocenters. The summed E-state index contributed by atoms with van der Waals surface area (Å²) in [6.07, 6.45) is 0.278. The second-order valence-corrected chi connectivity index (χ2v) is 6.62. The number of amides is 3. The monoisotopic (exact) mass is 393 g/mol. The van der Waals surface area contributed by atoms with Crippen molar-refractivity contribution in [3.8, 4) is 11.5 Å². The molecule has 2 rings (SSSR count). The normalized spacial score (nSPS) is 13.0. The van der Waals surface area contributed by atoms with E-state index in [0.29, 0.717) is 17.1 Å². The highest BCUT2D eigenvalue weighted by molar-refractivity contribution is 5.97. The number of carbonyl (C=O) groups is 4. The maximum absolute atomic E-state index is 12.1. The maximum atomic E-state index is 12.1. The number of rotatable bonds is 9. The van der Waals surface area contributed by atoms with Crippen molar-refractivity contribution in [2.45, 2.75) is 26.3 Å². The standard InChI is InChI=1S/C18H23N3O7/c1-10(2)5-12(18(25)26)21-16(23)8-19-15(22)7-20-17(24)11-3-4-13-14(6-11)28-9-27-13/h3-4,6,10,12H,5,7-9H2,1-2H3,(H,19,22)(H,20,24)(H,21,23)(H,25,26)/t12-/m0/s1. The van der Waals surface area contributed by atoms with E-state index in [1.807, 2.05) is 13.8 Å². The largest absolute Gasteiger partial charge is 0.480 e. The third kappa shape index (κ3) is 6.15. The highest BCUT2D eigenvalue weighted by atomic mass is 16.7. The Morgan fingerprint density at radius 2 is 1.71 bits per heavy atom. The van der Waals surface area contributed by atoms with Gasteiger partial charge in [0.25, 0.3) is 5.91 Å². The Labute approximate surface area is 161 Å². The van der Waals surface area contributed by atoms with Crippen molar-refractivity contribution in [3.05, 3.63) is 23.8 Å². The summed E-state index contributed by atoms with van der Waals surface area (Å²) in [6, 6.07) is 3.62. The molecule has 152 valence electrons. The summed E-state index contributed by atoms with van der Waals surface area (Å²) in [5.74, 6) is -1.75. The summed E-state index contributed by atoms with van der Waals surface area (Å²) in [5, 5.41) is 16.2. The molecule has 0 saturated carbocycles. The van der Waals surface area contributed by atoms with E-state index in [1.165, 1.54) is 12.1 Å². The Hall–Kier alpha value is -3.30. The summed E-state index contributed by atoms with van der Waals surface area (Å²) < 4.78 is 10.3. The number of carboxylic acids is 1. The molecule has 3 amide bonds. The smallest absolute Gasteiger partial charge is 0.326 e. The van der Waals surface area contributed by atoms with Gasteiger partial charge in [-0.25, -0.2) is 4.79 Å². The van der Waals surface area contributed by atoms with Crippen molar-refractivity contribution in [2.75, 3.05) is 19.9 Å². The molecule has 1 aliphatic rings. The van der Waals surface area contributed by atoms with Gasteiger partial charge in [0.15, 0.2) is 11.5 Å². The van der Waals surface area contributed by atoms with Crippen LogP contribution in [0.3, 0.4) is 0 Å². The van der Waals surface area contributed by atoms with Crippen molar-refractivity contribution < 1.29 is 33.8 Å². The van der Waals surface area contributed by atoms with E-state index < -0.39 is 29.7 Å². The maximum Gasteiger partial charge on any atom is 0.326 e. The third-order valence-electron chi connectivity index (χ3n) is 3.83. The SMILES string of the molecule is CC(C)C[C@H](NC(=O)CNC(=O)CNC(=O)c1ccc2c(c1)OCO2)C(=O)O. The lowest BCUT2D eigenvalue weighted by Crippen LogP contribution is -2.47. The molecule has 4 N–H and O–H groups in total. The highest BCUT2D eigenvalue weighted by Gasteiger charge is 2.21. The van der Waals surface area contributed by atoms with E-state index in [4.69, 9.17) is 14.6 Å². The van der Waals surface area contributed by atoms with Crippen LogP contribution >= 0.6 is 0 Å². The van der Waals surface area contributed by atoms with Crippen LogP contribution in [0.15, 0.2) is 18.2 Å². The molecule has 1 heterocycles. The molecule has 1 aliphatic heterocycles. The summed E-state index contributed by atoms with van der Waals surface area (Å²) in [4.78, 5) is 46.8. The lowest BCUT2D eigenvalue weighted by Gasteiger charge is -2.16. The van der Waals surface area contributed by atoms with E-state index in [0.717, 1.165) is 0 Å². The molecular formula is C18H23N3O7. The Bertz CT molecular complexity index is 764. The van der Waals surface area contributed by atoms with Crippen molar-refractivity contribution in [2.24, 2.45) is 5.92 Å². The Balaban J connectivity index is 1.74. The molecular weight excluding hydrogens is 370 g/mol. The minimum atomic E-state index is -1.13. The number of carbonyl (C=O) groups excluding carboxylic acids is 3. The molecule has 0 spiro atoms. The number of benzene rings is 1. The fourth-order valence-corrected chi connectivity index (χ4v) is 2.48. The first-order valence-electron chi connectivity index (χ1n) is 8.73. The van der Waals surface area contributed by atoms with Gasteiger partial charge in [0.2, 0.25) is 18.6 Å². The summed E-state index contributed by atoms with van der Waals surface area (Å²) >= 11 is 0. The summed E-state index contributed by atoms with van der Waals surface area (Å²) in [5.41, 5.74) is 0.299. The van der Waals surface area contributed by atoms with Crippen LogP contribution in [0.25, 0.3) is 0 Å². The Kier molecular flexibility index (Phi) is 7.19. The molecule has 0 aliphatic carbocycles. The van der Waals surface area contributed by atoms with Crippen molar-refractivity contribution in [1.82, 2.24) is 16.0 Å². The van der Waals surface area contributed by atoms with Crippen LogP contribution in [0.2, 0.25) is 0 Å². The topological polar surface area (TPSA) is 143 Å². The molecule has 10 heteroatoms. The fourth-order valence-electron chi connectivity index (χ4n) is 2.48. The second-order valence-electron chi connectivity index (χ2n) is 6.62. The third-order valence-corrected chi connectivity index (χ3v) is 3.83. The summed E-state index contributed by atoms with van der Waals surface area (Å²) in [7, 11) is 0. The van der Waals surface area contributed by atoms with E-state index in [1.54, 1.807) is 6.07 Å². The van der Waals surface area contributed by atoms with Crippen LogP contribution < -0.4 is 25.4 Å². The second kappa shape index (κ2) is 9.58. The van der Waals surface area contributed by atoms with E-state index in [-0.39, 0.29) is 32.2 Å². The minimum absolute atomic E-state index is 0.0855. The number of nitrogens with one attached hydrogen (secondary N) is 3. The molecule has 0 aromatic heterocycles. The number of aliphatic carboxylic acids is 1. The van der Waals surface area contributed by atoms with Crippen molar-refractivity contribution in [3.63, 3.8) is 0 Å². The van der Waals surface area contributed by atoms with Gasteiger partial charge >= 0.3 is 5.97 Å². The van der Waals surface area contributed by atoms with Crippen LogP contribution in [0.1, 0.15) is 30.6 Å². The van der Waals surface area contributed by atoms with E-state index >= 15 is 0 Å². The lowest BCUT2D eigenvalue weighted by atomic mass is 10.0. The first-order chi connectivity index (χ1) is 13.3. The number of hydrogen-bond donors (Lipinski definition) is 4. The van der Waals surface area contributed by atoms with Crippen LogP contribution in [0.4, 0.5) is 0 Å². The first kappa shape index (κ1) is 21.0. The van der Waals surface area contributed by atoms with Gasteiger partial charge in [0.05, 0.1) is 13.1 Å². The average molecular weight is 393 g/mol. The average Bonchev–Trinajstić information content (AvgIpc) is 3.11. The Morgan fingerprint density at radius 1 is 1.04 bits per heavy atom. The van der Waals surface area contributed by atoms with E-state index in [2.05, 4.69) is 16.0 Å². The molecule has 1 atom stereocenters. The predicted octanol–water partition coefficient (Wildman–Crippen LogP) is -0.123. The summed E-state index contributed by atoms with van der Waals surface area (Å²) in [6.45, 7) is 3.04. The molecule has 10 nitrogen and oxygen atoms in total. The van der Waals surface area contributed by atoms with Gasteiger partial charge in [-0.05, 0) is 30.5 Å². The Morgan fingerprint density at radius 3 is 2.39 bits per heavy atom. The fraction of sp³-hybridized carbons (Fsp3) is 0.444. The lowest BCUT2D eigenvalue weighted by molar-refractivity contribution is -0.142. The molecule has 28 heavy (non-hydrogen) atoms. The molecule has 0 bridgehead atoms. The van der Waals surface area contributed by atoms with Gasteiger partial charge in [-0.1, -0.05) is 13.8 Å². The van der Waals surface area contributed by atoms with E-state index in [9.17, 15) is 19.2 Å². The predicted molar refractivity (Wildman–Crippen MR) is 96.9 cm³/mol. The molecule has 1 aromatic carbocycles. The molecule has 0 saturated heterocycles.